The third kappa shape index (κ3) is 2.77. The molecule has 0 saturated heterocycles. The topological polar surface area (TPSA) is 38.0 Å². The molecule has 0 heterocycles. The van der Waals surface area contributed by atoms with E-state index in [0.29, 0.717) is 5.32 Å². The molecule has 2 nitrogen and oxygen atoms in total. The Labute approximate surface area is 104 Å². The second kappa shape index (κ2) is 5.16. The van der Waals surface area contributed by atoms with E-state index < -0.39 is 43.1 Å². The summed E-state index contributed by atoms with van der Waals surface area (Å²) >= 11 is 0. The van der Waals surface area contributed by atoms with E-state index >= 15 is 0 Å². The fourth-order valence-electron chi connectivity index (χ4n) is 0.913. The molecule has 0 amide bonds. The summed E-state index contributed by atoms with van der Waals surface area (Å²) in [6, 6.07) is -6.04. The molecule has 0 saturated carbocycles. The van der Waals surface area contributed by atoms with Gasteiger partial charge in [0.2, 0.25) is 0 Å². The van der Waals surface area contributed by atoms with Gasteiger partial charge >= 0.3 is 30.0 Å². The Bertz CT molecular complexity index is 334. The molecule has 0 atom stereocenters. The van der Waals surface area contributed by atoms with Crippen molar-refractivity contribution < 1.29 is 48.3 Å². The summed E-state index contributed by atoms with van der Waals surface area (Å²) in [4.78, 5) is 0. The van der Waals surface area contributed by atoms with Gasteiger partial charge < -0.3 is 5.73 Å². The first kappa shape index (κ1) is 19.1. The monoisotopic (exact) mass is 328 g/mol. The largest absolute Gasteiger partial charge is 0.460 e. The lowest BCUT2D eigenvalue weighted by Gasteiger charge is -2.37. The number of halogens is 11. The lowest BCUT2D eigenvalue weighted by atomic mass is 10.0. The average Bonchev–Trinajstić information content (AvgIpc) is 2.24. The van der Waals surface area contributed by atoms with E-state index in [1.54, 1.807) is 0 Å². The molecule has 0 unspecified atom stereocenters. The van der Waals surface area contributed by atoms with Gasteiger partial charge in [-0.15, -0.1) is 0 Å². The molecule has 0 rings (SSSR count). The highest BCUT2D eigenvalue weighted by molar-refractivity contribution is 5.05. The molecule has 13 heteroatoms. The zero-order valence-corrected chi connectivity index (χ0v) is 9.15. The second-order valence-corrected chi connectivity index (χ2v) is 3.51. The zero-order chi connectivity index (χ0) is 16.6. The van der Waals surface area contributed by atoms with Crippen LogP contribution in [0.4, 0.5) is 48.3 Å². The molecule has 0 aliphatic rings. The van der Waals surface area contributed by atoms with Crippen molar-refractivity contribution in [2.45, 2.75) is 30.0 Å². The normalized spacial score (nSPS) is 15.6. The molecule has 3 N–H and O–H groups in total. The summed E-state index contributed by atoms with van der Waals surface area (Å²) in [5.74, 6) is -21.8. The molecule has 0 bridgehead atoms. The second-order valence-electron chi connectivity index (χ2n) is 3.51. The Balaban J connectivity index is 5.68. The molecule has 0 aliphatic heterocycles. The number of hydrogen-bond acceptors (Lipinski definition) is 2. The molecule has 0 fully saturated rings. The van der Waals surface area contributed by atoms with Gasteiger partial charge in [-0.25, -0.2) is 0 Å². The SMILES string of the molecule is NCCNC(F)(F)C(F)(F)C(F)(F)C(F)(F)C(F)(F)F. The summed E-state index contributed by atoms with van der Waals surface area (Å²) in [5.41, 5.74) is 4.59. The highest BCUT2D eigenvalue weighted by Gasteiger charge is 2.87. The summed E-state index contributed by atoms with van der Waals surface area (Å²) in [7, 11) is 0. The summed E-state index contributed by atoms with van der Waals surface area (Å²) in [6.45, 7) is -2.01. The van der Waals surface area contributed by atoms with Gasteiger partial charge in [0, 0.05) is 13.1 Å². The number of hydrogen-bond donors (Lipinski definition) is 2. The first-order valence-electron chi connectivity index (χ1n) is 4.59. The van der Waals surface area contributed by atoms with E-state index in [0.717, 1.165) is 0 Å². The fraction of sp³-hybridized carbons (Fsp3) is 1.00. The van der Waals surface area contributed by atoms with Crippen LogP contribution >= 0.6 is 0 Å². The van der Waals surface area contributed by atoms with E-state index in [1.807, 2.05) is 0 Å². The third-order valence-corrected chi connectivity index (χ3v) is 2.03. The molecule has 20 heavy (non-hydrogen) atoms. The zero-order valence-electron chi connectivity index (χ0n) is 9.15. The Morgan fingerprint density at radius 2 is 1.05 bits per heavy atom. The Kier molecular flexibility index (Phi) is 4.95. The van der Waals surface area contributed by atoms with Gasteiger partial charge in [-0.05, 0) is 0 Å². The maximum atomic E-state index is 12.7. The summed E-state index contributed by atoms with van der Waals surface area (Å²) in [6.07, 6.45) is -7.15. The van der Waals surface area contributed by atoms with Crippen molar-refractivity contribution in [3.63, 3.8) is 0 Å². The van der Waals surface area contributed by atoms with Gasteiger partial charge in [-0.2, -0.15) is 48.3 Å². The highest BCUT2D eigenvalue weighted by Crippen LogP contribution is 2.56. The lowest BCUT2D eigenvalue weighted by molar-refractivity contribution is -0.425. The maximum Gasteiger partial charge on any atom is 0.460 e. The lowest BCUT2D eigenvalue weighted by Crippen LogP contribution is -2.69. The number of nitrogens with two attached hydrogens (primary N) is 1. The van der Waals surface area contributed by atoms with Gasteiger partial charge in [-0.3, -0.25) is 5.32 Å². The summed E-state index contributed by atoms with van der Waals surface area (Å²) < 4.78 is 136. The molecule has 0 aromatic heterocycles. The standard InChI is InChI=1S/C7H7F11N2/c8-3(9,4(10,11)6(14,15)16)5(12,13)7(17,18)20-2-1-19/h20H,1-2,19H2. The van der Waals surface area contributed by atoms with E-state index in [9.17, 15) is 48.3 Å². The van der Waals surface area contributed by atoms with Gasteiger partial charge in [-0.1, -0.05) is 0 Å². The van der Waals surface area contributed by atoms with Crippen LogP contribution in [0.25, 0.3) is 0 Å². The Hall–Kier alpha value is -0.850. The molecular formula is C7H7F11N2. The minimum absolute atomic E-state index is 0.390. The smallest absolute Gasteiger partial charge is 0.329 e. The van der Waals surface area contributed by atoms with Crippen molar-refractivity contribution in [3.05, 3.63) is 0 Å². The van der Waals surface area contributed by atoms with Crippen LogP contribution in [-0.2, 0) is 0 Å². The van der Waals surface area contributed by atoms with Crippen molar-refractivity contribution in [2.75, 3.05) is 13.1 Å². The molecule has 0 aliphatic carbocycles. The predicted molar refractivity (Wildman–Crippen MR) is 42.9 cm³/mol. The van der Waals surface area contributed by atoms with Crippen LogP contribution in [0.3, 0.4) is 0 Å². The van der Waals surface area contributed by atoms with Crippen LogP contribution in [0.15, 0.2) is 0 Å². The summed E-state index contributed by atoms with van der Waals surface area (Å²) in [5, 5.41) is 0.390. The first-order valence-corrected chi connectivity index (χ1v) is 4.59. The van der Waals surface area contributed by atoms with Crippen molar-refractivity contribution in [2.24, 2.45) is 5.73 Å². The van der Waals surface area contributed by atoms with Crippen molar-refractivity contribution >= 4 is 0 Å². The number of alkyl halides is 11. The van der Waals surface area contributed by atoms with E-state index in [2.05, 4.69) is 5.73 Å². The quantitative estimate of drug-likeness (QED) is 0.581. The minimum Gasteiger partial charge on any atom is -0.329 e. The van der Waals surface area contributed by atoms with Crippen LogP contribution in [-0.4, -0.2) is 43.1 Å². The number of rotatable bonds is 6. The minimum atomic E-state index is -7.39. The van der Waals surface area contributed by atoms with Crippen LogP contribution in [0.5, 0.6) is 0 Å². The molecular weight excluding hydrogens is 321 g/mol. The predicted octanol–water partition coefficient (Wildman–Crippen LogP) is 2.60. The van der Waals surface area contributed by atoms with Crippen LogP contribution in [0.2, 0.25) is 0 Å². The van der Waals surface area contributed by atoms with Crippen molar-refractivity contribution in [1.29, 1.82) is 0 Å². The first-order chi connectivity index (χ1) is 8.56. The molecule has 0 radical (unpaired) electrons. The molecule has 0 spiro atoms. The van der Waals surface area contributed by atoms with E-state index in [-0.39, 0.29) is 0 Å². The Morgan fingerprint density at radius 1 is 0.650 bits per heavy atom. The maximum absolute atomic E-state index is 12.7. The molecule has 0 aromatic carbocycles. The Morgan fingerprint density at radius 3 is 1.35 bits per heavy atom. The molecule has 122 valence electrons. The van der Waals surface area contributed by atoms with Gasteiger partial charge in [0.15, 0.2) is 0 Å². The van der Waals surface area contributed by atoms with Gasteiger partial charge in [0.1, 0.15) is 0 Å². The van der Waals surface area contributed by atoms with E-state index in [4.69, 9.17) is 0 Å². The van der Waals surface area contributed by atoms with Gasteiger partial charge in [0.25, 0.3) is 0 Å². The van der Waals surface area contributed by atoms with Crippen molar-refractivity contribution in [3.8, 4) is 0 Å². The van der Waals surface area contributed by atoms with Crippen LogP contribution in [0.1, 0.15) is 0 Å². The van der Waals surface area contributed by atoms with Gasteiger partial charge in [0.05, 0.1) is 0 Å². The van der Waals surface area contributed by atoms with Crippen LogP contribution in [0, 0.1) is 0 Å². The highest BCUT2D eigenvalue weighted by atomic mass is 19.4. The number of nitrogens with one attached hydrogen (secondary N) is 1. The van der Waals surface area contributed by atoms with Crippen LogP contribution < -0.4 is 11.1 Å². The third-order valence-electron chi connectivity index (χ3n) is 2.03. The molecule has 0 aromatic rings. The average molecular weight is 328 g/mol. The van der Waals surface area contributed by atoms with Crippen molar-refractivity contribution in [1.82, 2.24) is 5.32 Å². The van der Waals surface area contributed by atoms with E-state index in [1.165, 1.54) is 0 Å². The fourth-order valence-corrected chi connectivity index (χ4v) is 0.913.